The van der Waals surface area contributed by atoms with E-state index in [1.54, 1.807) is 11.3 Å². The summed E-state index contributed by atoms with van der Waals surface area (Å²) in [5.74, 6) is 0.0292. The van der Waals surface area contributed by atoms with Gasteiger partial charge in [0.1, 0.15) is 0 Å². The van der Waals surface area contributed by atoms with Gasteiger partial charge in [-0.25, -0.2) is 4.98 Å². The van der Waals surface area contributed by atoms with Crippen molar-refractivity contribution in [2.75, 3.05) is 42.9 Å². The van der Waals surface area contributed by atoms with Crippen molar-refractivity contribution in [2.45, 2.75) is 6.92 Å². The summed E-state index contributed by atoms with van der Waals surface area (Å²) >= 11 is 7.63. The van der Waals surface area contributed by atoms with Gasteiger partial charge in [-0.1, -0.05) is 41.4 Å². The van der Waals surface area contributed by atoms with Crippen LogP contribution < -0.4 is 10.2 Å². The number of carbonyl (C=O) groups is 1. The van der Waals surface area contributed by atoms with Crippen LogP contribution in [0.2, 0.25) is 5.02 Å². The molecule has 1 aromatic heterocycles. The first kappa shape index (κ1) is 19.9. The van der Waals surface area contributed by atoms with Crippen molar-refractivity contribution in [2.24, 2.45) is 0 Å². The zero-order chi connectivity index (χ0) is 20.2. The molecule has 1 aliphatic rings. The van der Waals surface area contributed by atoms with Gasteiger partial charge in [-0.2, -0.15) is 0 Å². The summed E-state index contributed by atoms with van der Waals surface area (Å²) in [5, 5.41) is 6.81. The summed E-state index contributed by atoms with van der Waals surface area (Å²) in [6.07, 6.45) is 0. The molecule has 7 heteroatoms. The van der Waals surface area contributed by atoms with Crippen molar-refractivity contribution < 1.29 is 4.79 Å². The van der Waals surface area contributed by atoms with E-state index in [9.17, 15) is 4.79 Å². The molecule has 1 aliphatic heterocycles. The van der Waals surface area contributed by atoms with E-state index in [0.29, 0.717) is 6.54 Å². The molecular weight excluding hydrogens is 404 g/mol. The Morgan fingerprint density at radius 3 is 2.45 bits per heavy atom. The molecule has 3 aromatic rings. The average Bonchev–Trinajstić information content (AvgIpc) is 3.21. The molecule has 0 unspecified atom stereocenters. The fraction of sp³-hybridized carbons (Fsp3) is 0.273. The zero-order valence-corrected chi connectivity index (χ0v) is 17.8. The monoisotopic (exact) mass is 426 g/mol. The predicted molar refractivity (Wildman–Crippen MR) is 121 cm³/mol. The third-order valence-corrected chi connectivity index (χ3v) is 6.13. The Hall–Kier alpha value is -2.41. The molecule has 0 spiro atoms. The van der Waals surface area contributed by atoms with E-state index in [4.69, 9.17) is 16.6 Å². The lowest BCUT2D eigenvalue weighted by atomic mass is 10.2. The SMILES string of the molecule is Cc1ccc(NC(=O)CN2CCN(c3nc(-c4ccc(Cl)cc4)cs3)CC2)cc1. The summed E-state index contributed by atoms with van der Waals surface area (Å²) in [6.45, 7) is 5.87. The Kier molecular flexibility index (Phi) is 6.13. The molecule has 0 radical (unpaired) electrons. The highest BCUT2D eigenvalue weighted by molar-refractivity contribution is 7.14. The van der Waals surface area contributed by atoms with Gasteiger partial charge < -0.3 is 10.2 Å². The van der Waals surface area contributed by atoms with Gasteiger partial charge in [0.2, 0.25) is 5.91 Å². The molecule has 2 aromatic carbocycles. The molecule has 4 rings (SSSR count). The number of thiazole rings is 1. The lowest BCUT2D eigenvalue weighted by molar-refractivity contribution is -0.117. The Morgan fingerprint density at radius 1 is 1.07 bits per heavy atom. The first-order valence-corrected chi connectivity index (χ1v) is 10.9. The van der Waals surface area contributed by atoms with Crippen LogP contribution in [0.3, 0.4) is 0 Å². The van der Waals surface area contributed by atoms with Gasteiger partial charge in [0.15, 0.2) is 5.13 Å². The first-order chi connectivity index (χ1) is 14.1. The van der Waals surface area contributed by atoms with Gasteiger partial charge in [0.25, 0.3) is 0 Å². The summed E-state index contributed by atoms with van der Waals surface area (Å²) < 4.78 is 0. The number of hydrogen-bond donors (Lipinski definition) is 1. The maximum Gasteiger partial charge on any atom is 0.238 e. The number of halogens is 1. The van der Waals surface area contributed by atoms with E-state index in [1.807, 2.05) is 55.5 Å². The number of carbonyl (C=O) groups excluding carboxylic acids is 1. The summed E-state index contributed by atoms with van der Waals surface area (Å²) in [6, 6.07) is 15.6. The van der Waals surface area contributed by atoms with Crippen molar-refractivity contribution in [3.8, 4) is 11.3 Å². The second-order valence-corrected chi connectivity index (χ2v) is 8.47. The van der Waals surface area contributed by atoms with Crippen molar-refractivity contribution in [1.29, 1.82) is 0 Å². The Bertz CT molecular complexity index is 963. The number of aromatic nitrogens is 1. The molecule has 0 saturated carbocycles. The standard InChI is InChI=1S/C22H23ClN4OS/c1-16-2-8-19(9-3-16)24-21(28)14-26-10-12-27(13-11-26)22-25-20(15-29-22)17-4-6-18(23)7-5-17/h2-9,15H,10-14H2,1H3,(H,24,28). The number of hydrogen-bond acceptors (Lipinski definition) is 5. The Morgan fingerprint density at radius 2 is 1.76 bits per heavy atom. The van der Waals surface area contributed by atoms with Crippen molar-refractivity contribution in [3.63, 3.8) is 0 Å². The molecule has 29 heavy (non-hydrogen) atoms. The third-order valence-electron chi connectivity index (χ3n) is 4.98. The van der Waals surface area contributed by atoms with E-state index in [0.717, 1.165) is 53.3 Å². The van der Waals surface area contributed by atoms with Crippen molar-refractivity contribution in [1.82, 2.24) is 9.88 Å². The lowest BCUT2D eigenvalue weighted by Crippen LogP contribution is -2.48. The molecule has 1 saturated heterocycles. The summed E-state index contributed by atoms with van der Waals surface area (Å²) in [7, 11) is 0. The molecule has 0 atom stereocenters. The van der Waals surface area contributed by atoms with Crippen LogP contribution in [0.5, 0.6) is 0 Å². The number of anilines is 2. The fourth-order valence-corrected chi connectivity index (χ4v) is 4.32. The topological polar surface area (TPSA) is 48.5 Å². The number of nitrogens with one attached hydrogen (secondary N) is 1. The number of benzene rings is 2. The average molecular weight is 427 g/mol. The molecular formula is C22H23ClN4OS. The van der Waals surface area contributed by atoms with E-state index < -0.39 is 0 Å². The van der Waals surface area contributed by atoms with Crippen LogP contribution in [0.25, 0.3) is 11.3 Å². The maximum atomic E-state index is 12.3. The van der Waals surface area contributed by atoms with Crippen LogP contribution in [0.1, 0.15) is 5.56 Å². The molecule has 150 valence electrons. The normalized spacial score (nSPS) is 14.8. The van der Waals surface area contributed by atoms with Crippen LogP contribution in [0.15, 0.2) is 53.9 Å². The molecule has 1 amide bonds. The van der Waals surface area contributed by atoms with Crippen molar-refractivity contribution in [3.05, 3.63) is 64.5 Å². The maximum absolute atomic E-state index is 12.3. The molecule has 1 N–H and O–H groups in total. The number of nitrogens with zero attached hydrogens (tertiary/aromatic N) is 3. The van der Waals surface area contributed by atoms with Crippen LogP contribution in [0.4, 0.5) is 10.8 Å². The van der Waals surface area contributed by atoms with Crippen molar-refractivity contribution >= 4 is 39.7 Å². The number of rotatable bonds is 5. The van der Waals surface area contributed by atoms with E-state index in [2.05, 4.69) is 20.5 Å². The summed E-state index contributed by atoms with van der Waals surface area (Å²) in [5.41, 5.74) is 4.07. The zero-order valence-electron chi connectivity index (χ0n) is 16.3. The molecule has 0 bridgehead atoms. The number of amides is 1. The van der Waals surface area contributed by atoms with Gasteiger partial charge >= 0.3 is 0 Å². The van der Waals surface area contributed by atoms with Gasteiger partial charge in [-0.3, -0.25) is 9.69 Å². The Balaban J connectivity index is 1.28. The first-order valence-electron chi connectivity index (χ1n) is 9.62. The predicted octanol–water partition coefficient (Wildman–Crippen LogP) is 4.53. The highest BCUT2D eigenvalue weighted by Crippen LogP contribution is 2.28. The number of aryl methyl sites for hydroxylation is 1. The minimum Gasteiger partial charge on any atom is -0.346 e. The van der Waals surface area contributed by atoms with E-state index in [-0.39, 0.29) is 5.91 Å². The second kappa shape index (κ2) is 8.95. The van der Waals surface area contributed by atoms with Gasteiger partial charge in [-0.05, 0) is 31.2 Å². The van der Waals surface area contributed by atoms with Crippen LogP contribution in [-0.4, -0.2) is 48.5 Å². The van der Waals surface area contributed by atoms with E-state index in [1.165, 1.54) is 5.56 Å². The Labute approximate surface area is 179 Å². The van der Waals surface area contributed by atoms with Gasteiger partial charge in [-0.15, -0.1) is 11.3 Å². The fourth-order valence-electron chi connectivity index (χ4n) is 3.30. The quantitative estimate of drug-likeness (QED) is 0.651. The molecule has 5 nitrogen and oxygen atoms in total. The lowest BCUT2D eigenvalue weighted by Gasteiger charge is -2.34. The highest BCUT2D eigenvalue weighted by Gasteiger charge is 2.21. The highest BCUT2D eigenvalue weighted by atomic mass is 35.5. The smallest absolute Gasteiger partial charge is 0.238 e. The number of piperazine rings is 1. The summed E-state index contributed by atoms with van der Waals surface area (Å²) in [4.78, 5) is 21.6. The second-order valence-electron chi connectivity index (χ2n) is 7.20. The molecule has 2 heterocycles. The van der Waals surface area contributed by atoms with Crippen LogP contribution >= 0.6 is 22.9 Å². The van der Waals surface area contributed by atoms with E-state index >= 15 is 0 Å². The minimum atomic E-state index is 0.0292. The molecule has 1 fully saturated rings. The van der Waals surface area contributed by atoms with Gasteiger partial charge in [0.05, 0.1) is 12.2 Å². The third kappa shape index (κ3) is 5.15. The van der Waals surface area contributed by atoms with Crippen LogP contribution in [0, 0.1) is 6.92 Å². The largest absolute Gasteiger partial charge is 0.346 e. The van der Waals surface area contributed by atoms with Gasteiger partial charge in [0, 0.05) is 47.8 Å². The van der Waals surface area contributed by atoms with Crippen LogP contribution in [-0.2, 0) is 4.79 Å². The minimum absolute atomic E-state index is 0.0292. The molecule has 0 aliphatic carbocycles.